The summed E-state index contributed by atoms with van der Waals surface area (Å²) in [4.78, 5) is 0. The molecule has 14 heavy (non-hydrogen) atoms. The van der Waals surface area contributed by atoms with E-state index in [9.17, 15) is 0 Å². The van der Waals surface area contributed by atoms with Gasteiger partial charge in [0, 0.05) is 25.8 Å². The zero-order valence-corrected chi connectivity index (χ0v) is 9.58. The van der Waals surface area contributed by atoms with Gasteiger partial charge in [0.25, 0.3) is 0 Å². The monoisotopic (exact) mass is 201 g/mol. The van der Waals surface area contributed by atoms with Crippen LogP contribution in [0.5, 0.6) is 0 Å². The molecule has 0 saturated heterocycles. The second-order valence-corrected chi connectivity index (χ2v) is 4.13. The Labute approximate surface area is 87.2 Å². The van der Waals surface area contributed by atoms with E-state index in [-0.39, 0.29) is 0 Å². The van der Waals surface area contributed by atoms with Gasteiger partial charge in [-0.25, -0.2) is 0 Å². The first-order valence-corrected chi connectivity index (χ1v) is 5.60. The van der Waals surface area contributed by atoms with E-state index < -0.39 is 0 Å². The number of hydrogen-bond donors (Lipinski definition) is 1. The number of ether oxygens (including phenoxy) is 2. The van der Waals surface area contributed by atoms with Crippen molar-refractivity contribution in [2.45, 2.75) is 38.8 Å². The summed E-state index contributed by atoms with van der Waals surface area (Å²) < 4.78 is 10.6. The number of nitrogens with one attached hydrogen (secondary N) is 1. The minimum atomic E-state index is 0.427. The van der Waals surface area contributed by atoms with Gasteiger partial charge >= 0.3 is 0 Å². The van der Waals surface area contributed by atoms with Crippen LogP contribution in [-0.4, -0.2) is 39.0 Å². The lowest BCUT2D eigenvalue weighted by molar-refractivity contribution is 0.106. The predicted molar refractivity (Wildman–Crippen MR) is 57.5 cm³/mol. The van der Waals surface area contributed by atoms with Gasteiger partial charge in [-0.2, -0.15) is 0 Å². The first-order chi connectivity index (χ1) is 6.77. The highest BCUT2D eigenvalue weighted by Gasteiger charge is 2.31. The van der Waals surface area contributed by atoms with Gasteiger partial charge in [0.2, 0.25) is 0 Å². The summed E-state index contributed by atoms with van der Waals surface area (Å²) in [6, 6.07) is 0.950. The van der Waals surface area contributed by atoms with E-state index in [1.54, 1.807) is 7.11 Å². The van der Waals surface area contributed by atoms with Crippen LogP contribution in [0.15, 0.2) is 0 Å². The molecule has 0 amide bonds. The van der Waals surface area contributed by atoms with Gasteiger partial charge in [-0.1, -0.05) is 0 Å². The van der Waals surface area contributed by atoms with Gasteiger partial charge < -0.3 is 14.8 Å². The van der Waals surface area contributed by atoms with Crippen molar-refractivity contribution in [3.05, 3.63) is 0 Å². The first-order valence-electron chi connectivity index (χ1n) is 5.60. The molecule has 0 aromatic carbocycles. The normalized spacial score (nSPS) is 20.8. The second kappa shape index (κ2) is 6.38. The van der Waals surface area contributed by atoms with Crippen LogP contribution >= 0.6 is 0 Å². The highest BCUT2D eigenvalue weighted by atomic mass is 16.5. The predicted octanol–water partition coefficient (Wildman–Crippen LogP) is 1.43. The van der Waals surface area contributed by atoms with E-state index in [1.807, 2.05) is 6.92 Å². The maximum atomic E-state index is 5.37. The van der Waals surface area contributed by atoms with Crippen LogP contribution in [-0.2, 0) is 9.47 Å². The van der Waals surface area contributed by atoms with Crippen LogP contribution in [0.25, 0.3) is 0 Å². The molecule has 0 aliphatic heterocycles. The summed E-state index contributed by atoms with van der Waals surface area (Å²) in [5.41, 5.74) is 0. The van der Waals surface area contributed by atoms with Crippen LogP contribution in [0.2, 0.25) is 0 Å². The molecule has 0 radical (unpaired) electrons. The fourth-order valence-electron chi connectivity index (χ4n) is 1.71. The van der Waals surface area contributed by atoms with E-state index >= 15 is 0 Å². The van der Waals surface area contributed by atoms with Crippen molar-refractivity contribution >= 4 is 0 Å². The third-order valence-electron chi connectivity index (χ3n) is 2.61. The zero-order valence-electron chi connectivity index (χ0n) is 9.58. The average Bonchev–Trinajstić information content (AvgIpc) is 2.97. The summed E-state index contributed by atoms with van der Waals surface area (Å²) in [5.74, 6) is 0.832. The largest absolute Gasteiger partial charge is 0.383 e. The van der Waals surface area contributed by atoms with Crippen LogP contribution < -0.4 is 5.32 Å². The molecule has 3 nitrogen and oxygen atoms in total. The fourth-order valence-corrected chi connectivity index (χ4v) is 1.71. The van der Waals surface area contributed by atoms with Gasteiger partial charge in [0.15, 0.2) is 0 Å². The minimum absolute atomic E-state index is 0.427. The summed E-state index contributed by atoms with van der Waals surface area (Å²) in [6.45, 7) is 6.61. The van der Waals surface area contributed by atoms with Gasteiger partial charge in [-0.15, -0.1) is 0 Å². The molecule has 1 rings (SSSR count). The van der Waals surface area contributed by atoms with E-state index in [4.69, 9.17) is 9.47 Å². The maximum Gasteiger partial charge on any atom is 0.0618 e. The lowest BCUT2D eigenvalue weighted by Crippen LogP contribution is -2.43. The van der Waals surface area contributed by atoms with Gasteiger partial charge in [0.1, 0.15) is 0 Å². The zero-order chi connectivity index (χ0) is 10.4. The lowest BCUT2D eigenvalue weighted by Gasteiger charge is -2.22. The van der Waals surface area contributed by atoms with Crippen molar-refractivity contribution in [1.82, 2.24) is 5.32 Å². The summed E-state index contributed by atoms with van der Waals surface area (Å²) >= 11 is 0. The van der Waals surface area contributed by atoms with Crippen molar-refractivity contribution in [3.8, 4) is 0 Å². The van der Waals surface area contributed by atoms with Gasteiger partial charge in [0.05, 0.1) is 13.2 Å². The first kappa shape index (κ1) is 12.0. The van der Waals surface area contributed by atoms with Crippen molar-refractivity contribution in [2.75, 3.05) is 26.9 Å². The number of methoxy groups -OCH3 is 1. The maximum absolute atomic E-state index is 5.37. The molecule has 2 unspecified atom stereocenters. The Morgan fingerprint density at radius 1 is 1.36 bits per heavy atom. The van der Waals surface area contributed by atoms with Crippen molar-refractivity contribution in [1.29, 1.82) is 0 Å². The van der Waals surface area contributed by atoms with E-state index in [0.717, 1.165) is 25.7 Å². The second-order valence-electron chi connectivity index (χ2n) is 4.13. The lowest BCUT2D eigenvalue weighted by atomic mass is 10.2. The Bertz CT molecular complexity index is 148. The Morgan fingerprint density at radius 3 is 2.57 bits per heavy atom. The SMILES string of the molecule is CCOCC(C)NC(COC)C1CC1. The molecule has 2 atom stereocenters. The minimum Gasteiger partial charge on any atom is -0.383 e. The van der Waals surface area contributed by atoms with E-state index in [0.29, 0.717) is 12.1 Å². The average molecular weight is 201 g/mol. The Hall–Kier alpha value is -0.120. The van der Waals surface area contributed by atoms with E-state index in [2.05, 4.69) is 12.2 Å². The fraction of sp³-hybridized carbons (Fsp3) is 1.00. The quantitative estimate of drug-likeness (QED) is 0.644. The molecular formula is C11H23NO2. The van der Waals surface area contributed by atoms with Crippen molar-refractivity contribution in [2.24, 2.45) is 5.92 Å². The summed E-state index contributed by atoms with van der Waals surface area (Å²) in [7, 11) is 1.77. The third kappa shape index (κ3) is 4.40. The molecule has 84 valence electrons. The highest BCUT2D eigenvalue weighted by molar-refractivity contribution is 4.87. The molecule has 0 bridgehead atoms. The molecule has 0 aromatic heterocycles. The molecule has 0 aromatic rings. The Morgan fingerprint density at radius 2 is 2.07 bits per heavy atom. The number of rotatable bonds is 8. The standard InChI is InChI=1S/C11H23NO2/c1-4-14-7-9(2)12-11(8-13-3)10-5-6-10/h9-12H,4-8H2,1-3H3. The van der Waals surface area contributed by atoms with Crippen molar-refractivity contribution < 1.29 is 9.47 Å². The Balaban J connectivity index is 2.16. The topological polar surface area (TPSA) is 30.5 Å². The van der Waals surface area contributed by atoms with Crippen LogP contribution in [0.1, 0.15) is 26.7 Å². The smallest absolute Gasteiger partial charge is 0.0618 e. The van der Waals surface area contributed by atoms with E-state index in [1.165, 1.54) is 12.8 Å². The molecular weight excluding hydrogens is 178 g/mol. The molecule has 0 spiro atoms. The molecule has 1 aliphatic rings. The van der Waals surface area contributed by atoms with Gasteiger partial charge in [-0.3, -0.25) is 0 Å². The van der Waals surface area contributed by atoms with Crippen LogP contribution in [0.3, 0.4) is 0 Å². The van der Waals surface area contributed by atoms with Crippen LogP contribution in [0, 0.1) is 5.92 Å². The summed E-state index contributed by atoms with van der Waals surface area (Å²) in [5, 5.41) is 3.56. The summed E-state index contributed by atoms with van der Waals surface area (Å²) in [6.07, 6.45) is 2.70. The molecule has 1 fully saturated rings. The molecule has 1 saturated carbocycles. The van der Waals surface area contributed by atoms with Crippen LogP contribution in [0.4, 0.5) is 0 Å². The third-order valence-corrected chi connectivity index (χ3v) is 2.61. The molecule has 0 heterocycles. The Kier molecular flexibility index (Phi) is 5.45. The molecule has 3 heteroatoms. The molecule has 1 aliphatic carbocycles. The highest BCUT2D eigenvalue weighted by Crippen LogP contribution is 2.32. The number of hydrogen-bond acceptors (Lipinski definition) is 3. The van der Waals surface area contributed by atoms with Crippen molar-refractivity contribution in [3.63, 3.8) is 0 Å². The van der Waals surface area contributed by atoms with Gasteiger partial charge in [-0.05, 0) is 32.6 Å². The molecule has 1 N–H and O–H groups in total.